The number of carbonyl (C=O) groups excluding carboxylic acids is 2. The van der Waals surface area contributed by atoms with Gasteiger partial charge in [-0.05, 0) is 19.9 Å². The van der Waals surface area contributed by atoms with Crippen molar-refractivity contribution in [1.29, 1.82) is 0 Å². The van der Waals surface area contributed by atoms with Gasteiger partial charge in [0.05, 0.1) is 13.0 Å². The van der Waals surface area contributed by atoms with Crippen molar-refractivity contribution in [3.05, 3.63) is 17.5 Å². The van der Waals surface area contributed by atoms with Gasteiger partial charge in [0.25, 0.3) is 0 Å². The lowest BCUT2D eigenvalue weighted by molar-refractivity contribution is -0.121. The minimum Gasteiger partial charge on any atom is -0.297 e. The molecule has 1 fully saturated rings. The minimum atomic E-state index is -0.218. The van der Waals surface area contributed by atoms with Gasteiger partial charge in [-0.25, -0.2) is 9.97 Å². The highest BCUT2D eigenvalue weighted by Gasteiger charge is 2.30. The van der Waals surface area contributed by atoms with Gasteiger partial charge >= 0.3 is 0 Å². The fourth-order valence-electron chi connectivity index (χ4n) is 1.59. The van der Waals surface area contributed by atoms with E-state index in [4.69, 9.17) is 0 Å². The fraction of sp³-hybridized carbons (Fsp3) is 0.400. The van der Waals surface area contributed by atoms with E-state index in [-0.39, 0.29) is 24.7 Å². The number of rotatable bonds is 1. The third kappa shape index (κ3) is 1.86. The molecule has 1 amide bonds. The van der Waals surface area contributed by atoms with E-state index in [1.54, 1.807) is 0 Å². The van der Waals surface area contributed by atoms with Gasteiger partial charge in [-0.1, -0.05) is 0 Å². The second kappa shape index (κ2) is 3.42. The van der Waals surface area contributed by atoms with Crippen molar-refractivity contribution in [2.45, 2.75) is 20.3 Å². The largest absolute Gasteiger partial charge is 0.297 e. The Hall–Kier alpha value is -1.78. The molecule has 1 aliphatic rings. The second-order valence-corrected chi connectivity index (χ2v) is 3.65. The van der Waals surface area contributed by atoms with Crippen LogP contribution in [-0.2, 0) is 9.59 Å². The van der Waals surface area contributed by atoms with E-state index >= 15 is 0 Å². The van der Waals surface area contributed by atoms with Crippen molar-refractivity contribution in [1.82, 2.24) is 9.97 Å². The lowest BCUT2D eigenvalue weighted by Crippen LogP contribution is -2.27. The molecule has 0 N–H and O–H groups in total. The van der Waals surface area contributed by atoms with Crippen molar-refractivity contribution in [2.75, 3.05) is 11.4 Å². The van der Waals surface area contributed by atoms with Gasteiger partial charge in [0, 0.05) is 11.4 Å². The maximum absolute atomic E-state index is 11.4. The topological polar surface area (TPSA) is 63.2 Å². The number of nitrogens with zero attached hydrogens (tertiary/aromatic N) is 3. The molecule has 0 spiro atoms. The first-order valence-corrected chi connectivity index (χ1v) is 4.70. The molecule has 78 valence electrons. The van der Waals surface area contributed by atoms with Crippen LogP contribution in [0, 0.1) is 13.8 Å². The van der Waals surface area contributed by atoms with Gasteiger partial charge in [0.2, 0.25) is 11.9 Å². The number of aromatic nitrogens is 2. The summed E-state index contributed by atoms with van der Waals surface area (Å²) in [6.45, 7) is 3.77. The molecule has 0 radical (unpaired) electrons. The number of ketones is 1. The molecule has 0 unspecified atom stereocenters. The van der Waals surface area contributed by atoms with Crippen LogP contribution in [0.3, 0.4) is 0 Å². The average molecular weight is 205 g/mol. The molecule has 1 aliphatic heterocycles. The standard InChI is InChI=1S/C10H11N3O2/c1-6-3-7(2)12-10(11-6)13-5-8(14)4-9(13)15/h3H,4-5H2,1-2H3. The first-order chi connectivity index (χ1) is 7.06. The number of hydrogen-bond acceptors (Lipinski definition) is 4. The molecule has 0 atom stereocenters. The Morgan fingerprint density at radius 1 is 1.20 bits per heavy atom. The zero-order valence-corrected chi connectivity index (χ0v) is 8.65. The van der Waals surface area contributed by atoms with Gasteiger partial charge in [-0.15, -0.1) is 0 Å². The summed E-state index contributed by atoms with van der Waals surface area (Å²) < 4.78 is 0. The molecule has 5 heteroatoms. The van der Waals surface area contributed by atoms with Crippen molar-refractivity contribution < 1.29 is 9.59 Å². The van der Waals surface area contributed by atoms with E-state index in [2.05, 4.69) is 9.97 Å². The van der Waals surface area contributed by atoms with Crippen LogP contribution in [-0.4, -0.2) is 28.2 Å². The van der Waals surface area contributed by atoms with Gasteiger partial charge in [0.15, 0.2) is 5.78 Å². The summed E-state index contributed by atoms with van der Waals surface area (Å²) in [7, 11) is 0. The summed E-state index contributed by atoms with van der Waals surface area (Å²) in [5.41, 5.74) is 1.59. The SMILES string of the molecule is Cc1cc(C)nc(N2CC(=O)CC2=O)n1. The highest BCUT2D eigenvalue weighted by atomic mass is 16.2. The van der Waals surface area contributed by atoms with E-state index in [1.807, 2.05) is 19.9 Å². The fourth-order valence-corrected chi connectivity index (χ4v) is 1.59. The Bertz CT molecular complexity index is 422. The number of amides is 1. The summed E-state index contributed by atoms with van der Waals surface area (Å²) in [6.07, 6.45) is -0.0314. The van der Waals surface area contributed by atoms with E-state index in [1.165, 1.54) is 4.90 Å². The van der Waals surface area contributed by atoms with Gasteiger partial charge < -0.3 is 0 Å². The molecule has 1 aromatic heterocycles. The van der Waals surface area contributed by atoms with E-state index in [0.717, 1.165) is 11.4 Å². The van der Waals surface area contributed by atoms with E-state index in [0.29, 0.717) is 5.95 Å². The van der Waals surface area contributed by atoms with Crippen LogP contribution in [0.15, 0.2) is 6.07 Å². The highest BCUT2D eigenvalue weighted by molar-refractivity contribution is 6.14. The number of aryl methyl sites for hydroxylation is 2. The van der Waals surface area contributed by atoms with Gasteiger partial charge in [-0.2, -0.15) is 0 Å². The summed E-state index contributed by atoms with van der Waals surface area (Å²) in [5.74, 6) is 0.0381. The minimum absolute atomic E-state index is 0.0314. The van der Waals surface area contributed by atoms with Crippen LogP contribution in [0.1, 0.15) is 17.8 Å². The number of carbonyl (C=O) groups is 2. The molecular weight excluding hydrogens is 194 g/mol. The first kappa shape index (κ1) is 9.76. The predicted molar refractivity (Wildman–Crippen MR) is 53.5 cm³/mol. The van der Waals surface area contributed by atoms with Crippen LogP contribution < -0.4 is 4.90 Å². The lowest BCUT2D eigenvalue weighted by Gasteiger charge is -2.12. The average Bonchev–Trinajstić information content (AvgIpc) is 2.43. The lowest BCUT2D eigenvalue weighted by atomic mass is 10.3. The van der Waals surface area contributed by atoms with Crippen molar-refractivity contribution >= 4 is 17.6 Å². The number of anilines is 1. The molecule has 2 heterocycles. The van der Waals surface area contributed by atoms with Crippen LogP contribution in [0.4, 0.5) is 5.95 Å². The second-order valence-electron chi connectivity index (χ2n) is 3.65. The summed E-state index contributed by atoms with van der Waals surface area (Å²) in [5, 5.41) is 0. The van der Waals surface area contributed by atoms with Crippen LogP contribution >= 0.6 is 0 Å². The van der Waals surface area contributed by atoms with Crippen LogP contribution in [0.2, 0.25) is 0 Å². The Kier molecular flexibility index (Phi) is 2.22. The van der Waals surface area contributed by atoms with Crippen LogP contribution in [0.25, 0.3) is 0 Å². The molecule has 15 heavy (non-hydrogen) atoms. The Morgan fingerprint density at radius 2 is 1.80 bits per heavy atom. The zero-order valence-electron chi connectivity index (χ0n) is 8.65. The Balaban J connectivity index is 2.37. The molecule has 0 bridgehead atoms. The van der Waals surface area contributed by atoms with Gasteiger partial charge in [-0.3, -0.25) is 14.5 Å². The molecule has 5 nitrogen and oxygen atoms in total. The summed E-state index contributed by atoms with van der Waals surface area (Å²) in [6, 6.07) is 1.83. The molecule has 1 aromatic rings. The Morgan fingerprint density at radius 3 is 2.27 bits per heavy atom. The molecular formula is C10H11N3O2. The quantitative estimate of drug-likeness (QED) is 0.622. The van der Waals surface area contributed by atoms with E-state index < -0.39 is 0 Å². The number of hydrogen-bond donors (Lipinski definition) is 0. The maximum atomic E-state index is 11.4. The third-order valence-corrected chi connectivity index (χ3v) is 2.20. The molecule has 0 saturated carbocycles. The third-order valence-electron chi connectivity index (χ3n) is 2.20. The van der Waals surface area contributed by atoms with Crippen molar-refractivity contribution in [3.8, 4) is 0 Å². The maximum Gasteiger partial charge on any atom is 0.237 e. The normalized spacial score (nSPS) is 16.3. The van der Waals surface area contributed by atoms with Crippen molar-refractivity contribution in [2.24, 2.45) is 0 Å². The summed E-state index contributed by atoms with van der Waals surface area (Å²) >= 11 is 0. The van der Waals surface area contributed by atoms with Crippen molar-refractivity contribution in [3.63, 3.8) is 0 Å². The molecule has 0 aromatic carbocycles. The summed E-state index contributed by atoms with van der Waals surface area (Å²) in [4.78, 5) is 32.1. The number of Topliss-reactive ketones (excluding diaryl/α,β-unsaturated/α-hetero) is 1. The predicted octanol–water partition coefficient (Wildman–Crippen LogP) is 0.399. The molecule has 1 saturated heterocycles. The monoisotopic (exact) mass is 205 g/mol. The van der Waals surface area contributed by atoms with E-state index in [9.17, 15) is 9.59 Å². The first-order valence-electron chi connectivity index (χ1n) is 4.70. The van der Waals surface area contributed by atoms with Gasteiger partial charge in [0.1, 0.15) is 0 Å². The van der Waals surface area contributed by atoms with Crippen LogP contribution in [0.5, 0.6) is 0 Å². The smallest absolute Gasteiger partial charge is 0.237 e. The molecule has 2 rings (SSSR count). The zero-order chi connectivity index (χ0) is 11.0. The highest BCUT2D eigenvalue weighted by Crippen LogP contribution is 2.15. The molecule has 0 aliphatic carbocycles. The Labute approximate surface area is 87.1 Å².